The van der Waals surface area contributed by atoms with Crippen molar-refractivity contribution in [3.05, 3.63) is 17.8 Å². The van der Waals surface area contributed by atoms with Gasteiger partial charge in [0.25, 0.3) is 5.92 Å². The number of hydrogen-bond donors (Lipinski definition) is 2. The van der Waals surface area contributed by atoms with Crippen molar-refractivity contribution in [2.75, 3.05) is 29.9 Å². The average Bonchev–Trinajstić information content (AvgIpc) is 2.60. The van der Waals surface area contributed by atoms with Gasteiger partial charge < -0.3 is 19.5 Å². The number of ether oxygens (including phenoxy) is 2. The predicted octanol–water partition coefficient (Wildman–Crippen LogP) is 3.45. The van der Waals surface area contributed by atoms with Crippen LogP contribution in [0.2, 0.25) is 0 Å². The van der Waals surface area contributed by atoms with Crippen LogP contribution < -0.4 is 10.2 Å². The summed E-state index contributed by atoms with van der Waals surface area (Å²) in [5, 5.41) is 11.2. The van der Waals surface area contributed by atoms with E-state index in [0.29, 0.717) is 18.0 Å². The molecule has 2 aliphatic heterocycles. The zero-order chi connectivity index (χ0) is 18.6. The van der Waals surface area contributed by atoms with Crippen molar-refractivity contribution in [2.24, 2.45) is 0 Å². The molecule has 2 N–H and O–H groups in total. The van der Waals surface area contributed by atoms with Crippen LogP contribution in [0.15, 0.2) is 12.1 Å². The van der Waals surface area contributed by atoms with E-state index in [1.165, 1.54) is 0 Å². The van der Waals surface area contributed by atoms with Crippen molar-refractivity contribution in [1.82, 2.24) is 4.98 Å². The van der Waals surface area contributed by atoms with Crippen LogP contribution in [0.4, 0.5) is 25.1 Å². The fourth-order valence-electron chi connectivity index (χ4n) is 3.11. The Kier molecular flexibility index (Phi) is 5.87. The number of carboxylic acid groups (broad SMARTS) is 1. The molecule has 0 radical (unpaired) electrons. The number of pyridine rings is 1. The quantitative estimate of drug-likeness (QED) is 0.825. The van der Waals surface area contributed by atoms with Gasteiger partial charge in [-0.2, -0.15) is 0 Å². The molecule has 0 aliphatic carbocycles. The second kappa shape index (κ2) is 8.13. The van der Waals surface area contributed by atoms with E-state index in [9.17, 15) is 13.6 Å². The van der Waals surface area contributed by atoms with Crippen LogP contribution in [0, 0.1) is 0 Å². The number of nitrogens with one attached hydrogen (secondary N) is 1. The maximum atomic E-state index is 13.4. The first-order valence-corrected chi connectivity index (χ1v) is 8.78. The first-order chi connectivity index (χ1) is 12.4. The molecule has 0 spiro atoms. The number of halogens is 2. The number of rotatable bonds is 5. The highest BCUT2D eigenvalue weighted by atomic mass is 19.3. The molecule has 144 valence electrons. The first kappa shape index (κ1) is 18.8. The lowest BCUT2D eigenvalue weighted by Crippen LogP contribution is -2.39. The number of hydrogen-bond acceptors (Lipinski definition) is 5. The van der Waals surface area contributed by atoms with Gasteiger partial charge in [0.2, 0.25) is 0 Å². The Morgan fingerprint density at radius 1 is 1.38 bits per heavy atom. The number of anilines is 2. The van der Waals surface area contributed by atoms with Crippen LogP contribution in [-0.4, -0.2) is 48.1 Å². The highest BCUT2D eigenvalue weighted by molar-refractivity contribution is 5.82. The number of nitrogens with zero attached hydrogens (tertiary/aromatic N) is 2. The highest BCUT2D eigenvalue weighted by Gasteiger charge is 2.34. The van der Waals surface area contributed by atoms with Gasteiger partial charge >= 0.3 is 6.09 Å². The molecule has 1 unspecified atom stereocenters. The molecule has 3 heterocycles. The summed E-state index contributed by atoms with van der Waals surface area (Å²) in [4.78, 5) is 17.0. The second-order valence-electron chi connectivity index (χ2n) is 6.58. The van der Waals surface area contributed by atoms with Crippen molar-refractivity contribution in [2.45, 2.75) is 50.9 Å². The maximum absolute atomic E-state index is 13.4. The molecule has 0 saturated carbocycles. The van der Waals surface area contributed by atoms with Crippen molar-refractivity contribution in [1.29, 1.82) is 0 Å². The van der Waals surface area contributed by atoms with E-state index < -0.39 is 12.0 Å². The molecule has 0 aromatic carbocycles. The minimum atomic E-state index is -2.64. The average molecular weight is 371 g/mol. The van der Waals surface area contributed by atoms with Crippen molar-refractivity contribution in [3.63, 3.8) is 0 Å². The second-order valence-corrected chi connectivity index (χ2v) is 6.58. The summed E-state index contributed by atoms with van der Waals surface area (Å²) < 4.78 is 38.0. The topological polar surface area (TPSA) is 83.9 Å². The molecule has 1 amide bonds. The van der Waals surface area contributed by atoms with Crippen molar-refractivity contribution in [3.8, 4) is 0 Å². The van der Waals surface area contributed by atoms with Gasteiger partial charge in [-0.25, -0.2) is 18.6 Å². The fourth-order valence-corrected chi connectivity index (χ4v) is 3.11. The minimum absolute atomic E-state index is 0.149. The Hall–Kier alpha value is -2.00. The Balaban J connectivity index is 1.71. The van der Waals surface area contributed by atoms with Gasteiger partial charge in [-0.05, 0) is 25.3 Å². The van der Waals surface area contributed by atoms with E-state index in [1.807, 2.05) is 4.90 Å². The van der Waals surface area contributed by atoms with Crippen LogP contribution >= 0.6 is 0 Å². The lowest BCUT2D eigenvalue weighted by molar-refractivity contribution is -0.169. The van der Waals surface area contributed by atoms with E-state index in [1.54, 1.807) is 12.1 Å². The molecular weight excluding hydrogens is 348 g/mol. The Morgan fingerprint density at radius 3 is 2.81 bits per heavy atom. The molecule has 1 aromatic rings. The molecule has 26 heavy (non-hydrogen) atoms. The van der Waals surface area contributed by atoms with E-state index >= 15 is 0 Å². The summed E-state index contributed by atoms with van der Waals surface area (Å²) in [7, 11) is 0. The monoisotopic (exact) mass is 371 g/mol. The molecule has 1 atom stereocenters. The third kappa shape index (κ3) is 5.25. The number of carbonyl (C=O) groups is 1. The normalized spacial score (nSPS) is 22.8. The Morgan fingerprint density at radius 2 is 2.15 bits per heavy atom. The van der Waals surface area contributed by atoms with Gasteiger partial charge in [-0.3, -0.25) is 5.32 Å². The summed E-state index contributed by atoms with van der Waals surface area (Å²) in [6.45, 7) is 1.23. The fraction of sp³-hybridized carbons (Fsp3) is 0.647. The van der Waals surface area contributed by atoms with E-state index in [0.717, 1.165) is 19.3 Å². The molecule has 1 aromatic heterocycles. The standard InChI is InChI=1S/C17H23F2N3O4/c18-17(19)4-6-22(7-5-17)13-9-12(20-14(10-13)21-16(23)24)11-26-15-3-1-2-8-25-15/h9-10,15H,1-8,11H2,(H,20,21)(H,23,24). The molecule has 7 nitrogen and oxygen atoms in total. The van der Waals surface area contributed by atoms with E-state index in [2.05, 4.69) is 10.3 Å². The minimum Gasteiger partial charge on any atom is -0.465 e. The number of amides is 1. The SMILES string of the molecule is O=C(O)Nc1cc(N2CCC(F)(F)CC2)cc(COC2CCCCO2)n1. The number of alkyl halides is 2. The molecule has 2 fully saturated rings. The predicted molar refractivity (Wildman–Crippen MR) is 90.7 cm³/mol. The van der Waals surface area contributed by atoms with Crippen LogP contribution in [0.25, 0.3) is 0 Å². The number of piperidine rings is 1. The largest absolute Gasteiger partial charge is 0.465 e. The third-order valence-corrected chi connectivity index (χ3v) is 4.51. The zero-order valence-corrected chi connectivity index (χ0v) is 14.4. The van der Waals surface area contributed by atoms with E-state index in [-0.39, 0.29) is 44.6 Å². The van der Waals surface area contributed by atoms with Crippen LogP contribution in [0.3, 0.4) is 0 Å². The highest BCUT2D eigenvalue weighted by Crippen LogP contribution is 2.31. The zero-order valence-electron chi connectivity index (χ0n) is 14.4. The molecule has 0 bridgehead atoms. The lowest BCUT2D eigenvalue weighted by Gasteiger charge is -2.33. The summed E-state index contributed by atoms with van der Waals surface area (Å²) >= 11 is 0. The third-order valence-electron chi connectivity index (χ3n) is 4.51. The van der Waals surface area contributed by atoms with Gasteiger partial charge in [0, 0.05) is 44.3 Å². The summed E-state index contributed by atoms with van der Waals surface area (Å²) in [5.41, 5.74) is 1.18. The van der Waals surface area contributed by atoms with Gasteiger partial charge in [-0.15, -0.1) is 0 Å². The van der Waals surface area contributed by atoms with Crippen LogP contribution in [0.1, 0.15) is 37.8 Å². The van der Waals surface area contributed by atoms with Crippen LogP contribution in [0.5, 0.6) is 0 Å². The van der Waals surface area contributed by atoms with Crippen molar-refractivity contribution < 1.29 is 28.2 Å². The lowest BCUT2D eigenvalue weighted by atomic mass is 10.1. The first-order valence-electron chi connectivity index (χ1n) is 8.78. The van der Waals surface area contributed by atoms with Gasteiger partial charge in [0.15, 0.2) is 6.29 Å². The Labute approximate surface area is 150 Å². The van der Waals surface area contributed by atoms with Crippen molar-refractivity contribution >= 4 is 17.6 Å². The maximum Gasteiger partial charge on any atom is 0.410 e. The van der Waals surface area contributed by atoms with Gasteiger partial charge in [0.05, 0.1) is 12.3 Å². The van der Waals surface area contributed by atoms with Gasteiger partial charge in [0.1, 0.15) is 5.82 Å². The summed E-state index contributed by atoms with van der Waals surface area (Å²) in [6, 6.07) is 3.30. The smallest absolute Gasteiger partial charge is 0.410 e. The summed E-state index contributed by atoms with van der Waals surface area (Å²) in [6.07, 6.45) is 0.880. The van der Waals surface area contributed by atoms with E-state index in [4.69, 9.17) is 14.6 Å². The molecule has 9 heteroatoms. The summed E-state index contributed by atoms with van der Waals surface area (Å²) in [5.74, 6) is -2.49. The number of aromatic nitrogens is 1. The molecule has 2 aliphatic rings. The Bertz CT molecular complexity index is 628. The van der Waals surface area contributed by atoms with Gasteiger partial charge in [-0.1, -0.05) is 0 Å². The molecule has 3 rings (SSSR count). The molecular formula is C17H23F2N3O4. The molecule has 2 saturated heterocycles. The van der Waals surface area contributed by atoms with Crippen LogP contribution in [-0.2, 0) is 16.1 Å².